The van der Waals surface area contributed by atoms with Crippen molar-refractivity contribution in [2.45, 2.75) is 52.4 Å². The van der Waals surface area contributed by atoms with E-state index >= 15 is 0 Å². The molecule has 2 aromatic heterocycles. The summed E-state index contributed by atoms with van der Waals surface area (Å²) >= 11 is 0. The Morgan fingerprint density at radius 3 is 1.91 bits per heavy atom. The van der Waals surface area contributed by atoms with Gasteiger partial charge in [0.2, 0.25) is 0 Å². The van der Waals surface area contributed by atoms with Gasteiger partial charge in [-0.05, 0) is 53.3 Å². The van der Waals surface area contributed by atoms with E-state index in [4.69, 9.17) is 9.97 Å². The third-order valence-electron chi connectivity index (χ3n) is 6.37. The number of fused-ring (bicyclic) bond motifs is 2. The zero-order chi connectivity index (χ0) is 22.5. The van der Waals surface area contributed by atoms with E-state index in [1.807, 2.05) is 0 Å². The van der Waals surface area contributed by atoms with Crippen molar-refractivity contribution in [3.05, 3.63) is 72.1 Å². The van der Waals surface area contributed by atoms with Crippen LogP contribution in [-0.4, -0.2) is 19.9 Å². The van der Waals surface area contributed by atoms with Gasteiger partial charge in [0.25, 0.3) is 0 Å². The van der Waals surface area contributed by atoms with Crippen LogP contribution in [0.3, 0.4) is 0 Å². The van der Waals surface area contributed by atoms with Crippen LogP contribution in [0, 0.1) is 0 Å². The molecule has 2 N–H and O–H groups in total. The summed E-state index contributed by atoms with van der Waals surface area (Å²) < 4.78 is 0. The average Bonchev–Trinajstić information content (AvgIpc) is 3.41. The highest BCUT2D eigenvalue weighted by atomic mass is 14.9. The summed E-state index contributed by atoms with van der Waals surface area (Å²) in [7, 11) is 0. The average molecular weight is 423 g/mol. The molecule has 0 amide bonds. The van der Waals surface area contributed by atoms with Gasteiger partial charge in [-0.15, -0.1) is 0 Å². The first-order chi connectivity index (χ1) is 15.3. The third-order valence-corrected chi connectivity index (χ3v) is 6.37. The van der Waals surface area contributed by atoms with Gasteiger partial charge in [0.15, 0.2) is 0 Å². The monoisotopic (exact) mass is 422 g/mol. The molecule has 4 nitrogen and oxygen atoms in total. The lowest BCUT2D eigenvalue weighted by molar-refractivity contribution is 0.554. The van der Waals surface area contributed by atoms with Gasteiger partial charge in [-0.1, -0.05) is 71.0 Å². The topological polar surface area (TPSA) is 57.4 Å². The number of rotatable bonds is 4. The summed E-state index contributed by atoms with van der Waals surface area (Å²) in [5.74, 6) is 2.50. The molecule has 0 saturated heterocycles. The number of hydrogen-bond donors (Lipinski definition) is 2. The van der Waals surface area contributed by atoms with Crippen molar-refractivity contribution in [2.24, 2.45) is 0 Å². The van der Waals surface area contributed by atoms with E-state index in [0.717, 1.165) is 56.8 Å². The summed E-state index contributed by atoms with van der Waals surface area (Å²) in [6.45, 7) is 11.0. The van der Waals surface area contributed by atoms with E-state index in [9.17, 15) is 0 Å². The maximum Gasteiger partial charge on any atom is 0.138 e. The molecule has 32 heavy (non-hydrogen) atoms. The van der Waals surface area contributed by atoms with Crippen molar-refractivity contribution in [1.29, 1.82) is 0 Å². The first-order valence-electron chi connectivity index (χ1n) is 11.4. The fraction of sp³-hybridized carbons (Fsp3) is 0.286. The van der Waals surface area contributed by atoms with Crippen LogP contribution < -0.4 is 0 Å². The molecule has 5 aromatic rings. The van der Waals surface area contributed by atoms with Crippen molar-refractivity contribution in [1.82, 2.24) is 19.9 Å². The standard InChI is InChI=1S/C28H30N4/c1-6-17(2)18-7-9-19(10-8-18)26-29-22-13-11-20(15-24(22)30-26)21-12-14-23-25(16-21)32-27(31-23)28(3,4)5/h7-17H,6H2,1-5H3,(H,29,30)(H,31,32). The molecule has 2 heterocycles. The number of imidazole rings is 2. The smallest absolute Gasteiger partial charge is 0.138 e. The molecule has 0 radical (unpaired) electrons. The number of benzene rings is 3. The largest absolute Gasteiger partial charge is 0.342 e. The van der Waals surface area contributed by atoms with E-state index < -0.39 is 0 Å². The summed E-state index contributed by atoms with van der Waals surface area (Å²) in [5.41, 5.74) is 8.91. The molecule has 162 valence electrons. The van der Waals surface area contributed by atoms with Gasteiger partial charge < -0.3 is 9.97 Å². The highest BCUT2D eigenvalue weighted by Crippen LogP contribution is 2.30. The van der Waals surface area contributed by atoms with Crippen molar-refractivity contribution < 1.29 is 0 Å². The third kappa shape index (κ3) is 3.70. The Kier molecular flexibility index (Phi) is 4.89. The highest BCUT2D eigenvalue weighted by Gasteiger charge is 2.18. The Morgan fingerprint density at radius 2 is 1.31 bits per heavy atom. The minimum absolute atomic E-state index is 0.00278. The summed E-state index contributed by atoms with van der Waals surface area (Å²) in [6.07, 6.45) is 1.15. The van der Waals surface area contributed by atoms with Gasteiger partial charge in [0.1, 0.15) is 11.6 Å². The van der Waals surface area contributed by atoms with Gasteiger partial charge in [-0.2, -0.15) is 0 Å². The van der Waals surface area contributed by atoms with Crippen LogP contribution in [0.2, 0.25) is 0 Å². The SMILES string of the molecule is CCC(C)c1ccc(-c2nc3ccc(-c4ccc5nc(C(C)(C)C)[nH]c5c4)cc3[nH]2)cc1. The van der Waals surface area contributed by atoms with Crippen molar-refractivity contribution >= 4 is 22.1 Å². The summed E-state index contributed by atoms with van der Waals surface area (Å²) in [6, 6.07) is 21.6. The van der Waals surface area contributed by atoms with Crippen molar-refractivity contribution in [2.75, 3.05) is 0 Å². The molecular weight excluding hydrogens is 392 g/mol. The summed E-state index contributed by atoms with van der Waals surface area (Å²) in [4.78, 5) is 16.6. The number of hydrogen-bond acceptors (Lipinski definition) is 2. The van der Waals surface area contributed by atoms with E-state index in [1.165, 1.54) is 5.56 Å². The van der Waals surface area contributed by atoms with Crippen LogP contribution in [0.25, 0.3) is 44.6 Å². The van der Waals surface area contributed by atoms with Gasteiger partial charge >= 0.3 is 0 Å². The Labute approximate surface area is 189 Å². The second kappa shape index (κ2) is 7.63. The number of nitrogens with zero attached hydrogens (tertiary/aromatic N) is 2. The lowest BCUT2D eigenvalue weighted by atomic mass is 9.96. The fourth-order valence-electron chi connectivity index (χ4n) is 4.08. The second-order valence-corrected chi connectivity index (χ2v) is 9.82. The summed E-state index contributed by atoms with van der Waals surface area (Å²) in [5, 5.41) is 0. The first-order valence-corrected chi connectivity index (χ1v) is 11.4. The predicted octanol–water partition coefficient (Wildman–Crippen LogP) is 7.58. The number of H-pyrrole nitrogens is 2. The molecule has 0 aliphatic carbocycles. The molecule has 0 fully saturated rings. The van der Waals surface area contributed by atoms with Crippen LogP contribution in [0.15, 0.2) is 60.7 Å². The second-order valence-electron chi connectivity index (χ2n) is 9.82. The van der Waals surface area contributed by atoms with E-state index in [0.29, 0.717) is 5.92 Å². The van der Waals surface area contributed by atoms with Crippen LogP contribution >= 0.6 is 0 Å². The van der Waals surface area contributed by atoms with Gasteiger partial charge in [-0.25, -0.2) is 9.97 Å². The number of aromatic nitrogens is 4. The normalized spacial score (nSPS) is 13.2. The molecule has 3 aromatic carbocycles. The lowest BCUT2D eigenvalue weighted by Crippen LogP contribution is -2.12. The molecule has 4 heteroatoms. The molecule has 5 rings (SSSR count). The number of nitrogens with one attached hydrogen (secondary N) is 2. The van der Waals surface area contributed by atoms with Crippen molar-refractivity contribution in [3.8, 4) is 22.5 Å². The van der Waals surface area contributed by atoms with E-state index in [2.05, 4.69) is 105 Å². The van der Waals surface area contributed by atoms with Gasteiger partial charge in [0.05, 0.1) is 22.1 Å². The molecular formula is C28H30N4. The van der Waals surface area contributed by atoms with Gasteiger partial charge in [0, 0.05) is 11.0 Å². The predicted molar refractivity (Wildman–Crippen MR) is 134 cm³/mol. The van der Waals surface area contributed by atoms with E-state index in [-0.39, 0.29) is 5.41 Å². The Hall–Kier alpha value is -3.40. The highest BCUT2D eigenvalue weighted by molar-refractivity contribution is 5.87. The molecule has 0 aliphatic heterocycles. The fourth-order valence-corrected chi connectivity index (χ4v) is 4.08. The van der Waals surface area contributed by atoms with Crippen LogP contribution in [0.1, 0.15) is 58.3 Å². The first kappa shape index (κ1) is 20.5. The van der Waals surface area contributed by atoms with E-state index in [1.54, 1.807) is 0 Å². The van der Waals surface area contributed by atoms with Crippen LogP contribution in [-0.2, 0) is 5.41 Å². The molecule has 1 unspecified atom stereocenters. The lowest BCUT2D eigenvalue weighted by Gasteiger charge is -2.13. The van der Waals surface area contributed by atoms with Gasteiger partial charge in [-0.3, -0.25) is 0 Å². The number of aromatic amines is 2. The minimum atomic E-state index is -0.00278. The minimum Gasteiger partial charge on any atom is -0.342 e. The van der Waals surface area contributed by atoms with Crippen LogP contribution in [0.5, 0.6) is 0 Å². The Balaban J connectivity index is 1.48. The Bertz CT molecular complexity index is 1400. The zero-order valence-electron chi connectivity index (χ0n) is 19.5. The zero-order valence-corrected chi connectivity index (χ0v) is 19.5. The van der Waals surface area contributed by atoms with Crippen molar-refractivity contribution in [3.63, 3.8) is 0 Å². The van der Waals surface area contributed by atoms with Crippen LogP contribution in [0.4, 0.5) is 0 Å². The quantitative estimate of drug-likeness (QED) is 0.313. The molecule has 0 spiro atoms. The molecule has 0 bridgehead atoms. The Morgan fingerprint density at radius 1 is 0.750 bits per heavy atom. The molecule has 1 atom stereocenters. The molecule has 0 aliphatic rings. The maximum absolute atomic E-state index is 4.82. The maximum atomic E-state index is 4.82. The molecule has 0 saturated carbocycles.